The van der Waals surface area contributed by atoms with E-state index in [2.05, 4.69) is 20.5 Å². The molecule has 1 aliphatic rings. The molecular formula is C22H37N5O4. The Hall–Kier alpha value is -2.68. The number of methoxy groups -OCH3 is 2. The van der Waals surface area contributed by atoms with Crippen molar-refractivity contribution in [2.75, 3.05) is 65.3 Å². The van der Waals surface area contributed by atoms with E-state index in [1.807, 2.05) is 45.9 Å². The van der Waals surface area contributed by atoms with Crippen LogP contribution in [0.3, 0.4) is 0 Å². The summed E-state index contributed by atoms with van der Waals surface area (Å²) in [5.41, 5.74) is 0.398. The number of amides is 1. The van der Waals surface area contributed by atoms with Crippen LogP contribution < -0.4 is 20.1 Å². The van der Waals surface area contributed by atoms with Crippen molar-refractivity contribution in [2.24, 2.45) is 4.99 Å². The molecule has 1 saturated heterocycles. The topological polar surface area (TPSA) is 87.7 Å². The number of benzene rings is 1. The molecule has 0 bridgehead atoms. The highest BCUT2D eigenvalue weighted by Crippen LogP contribution is 2.29. The maximum Gasteiger partial charge on any atom is 0.410 e. The first kappa shape index (κ1) is 24.6. The zero-order chi connectivity index (χ0) is 22.9. The average Bonchev–Trinajstić information content (AvgIpc) is 2.73. The second-order valence-corrected chi connectivity index (χ2v) is 8.26. The number of aliphatic imine (C=N–C) groups is 1. The van der Waals surface area contributed by atoms with E-state index in [0.717, 1.165) is 31.9 Å². The minimum atomic E-state index is -0.466. The fraction of sp³-hybridized carbons (Fsp3) is 0.636. The highest BCUT2D eigenvalue weighted by Gasteiger charge is 2.25. The number of carbonyl (C=O) groups excluding carboxylic acids is 1. The molecule has 1 aliphatic heterocycles. The van der Waals surface area contributed by atoms with Crippen LogP contribution >= 0.6 is 0 Å². The first-order valence-corrected chi connectivity index (χ1v) is 10.7. The minimum absolute atomic E-state index is 0.237. The second-order valence-electron chi connectivity index (χ2n) is 8.26. The fourth-order valence-corrected chi connectivity index (χ4v) is 3.14. The summed E-state index contributed by atoms with van der Waals surface area (Å²) in [6, 6.07) is 5.65. The molecule has 1 heterocycles. The van der Waals surface area contributed by atoms with Crippen LogP contribution in [-0.4, -0.2) is 87.5 Å². The Morgan fingerprint density at radius 3 is 2.35 bits per heavy atom. The van der Waals surface area contributed by atoms with Crippen molar-refractivity contribution in [3.63, 3.8) is 0 Å². The Kier molecular flexibility index (Phi) is 9.23. The second kappa shape index (κ2) is 11.6. The number of guanidine groups is 1. The standard InChI is InChI=1S/C22H37N5O4/c1-7-23-20(25-17-8-9-18(29-5)19(16-17)30-6)24-10-11-26-12-14-27(15-13-26)21(28)31-22(2,3)4/h8-9,16H,7,10-15H2,1-6H3,(H2,23,24,25). The molecule has 0 aliphatic carbocycles. The van der Waals surface area contributed by atoms with Gasteiger partial charge in [0.15, 0.2) is 17.5 Å². The van der Waals surface area contributed by atoms with Gasteiger partial charge in [0.2, 0.25) is 0 Å². The Morgan fingerprint density at radius 1 is 1.10 bits per heavy atom. The lowest BCUT2D eigenvalue weighted by Crippen LogP contribution is -2.50. The number of anilines is 1. The molecular weight excluding hydrogens is 398 g/mol. The Balaban J connectivity index is 1.85. The summed E-state index contributed by atoms with van der Waals surface area (Å²) in [7, 11) is 3.23. The smallest absolute Gasteiger partial charge is 0.410 e. The number of ether oxygens (including phenoxy) is 3. The van der Waals surface area contributed by atoms with Crippen molar-refractivity contribution >= 4 is 17.7 Å². The van der Waals surface area contributed by atoms with Gasteiger partial charge >= 0.3 is 6.09 Å². The van der Waals surface area contributed by atoms with Crippen LogP contribution in [0.25, 0.3) is 0 Å². The molecule has 174 valence electrons. The van der Waals surface area contributed by atoms with Crippen LogP contribution in [-0.2, 0) is 4.74 Å². The van der Waals surface area contributed by atoms with Gasteiger partial charge in [0.05, 0.1) is 20.8 Å². The number of carbonyl (C=O) groups is 1. The van der Waals surface area contributed by atoms with E-state index < -0.39 is 5.60 Å². The maximum atomic E-state index is 12.2. The molecule has 0 saturated carbocycles. The number of rotatable bonds is 7. The first-order valence-electron chi connectivity index (χ1n) is 10.7. The zero-order valence-corrected chi connectivity index (χ0v) is 19.7. The molecule has 1 fully saturated rings. The van der Waals surface area contributed by atoms with Crippen LogP contribution in [0.15, 0.2) is 23.2 Å². The van der Waals surface area contributed by atoms with Crippen LogP contribution in [0.2, 0.25) is 0 Å². The molecule has 0 aromatic heterocycles. The van der Waals surface area contributed by atoms with Gasteiger partial charge in [0.1, 0.15) is 5.60 Å². The lowest BCUT2D eigenvalue weighted by Gasteiger charge is -2.35. The van der Waals surface area contributed by atoms with Gasteiger partial charge in [-0.05, 0) is 39.8 Å². The predicted octanol–water partition coefficient (Wildman–Crippen LogP) is 2.63. The molecule has 0 radical (unpaired) electrons. The zero-order valence-electron chi connectivity index (χ0n) is 19.7. The SMILES string of the molecule is CCNC(=NCCN1CCN(C(=O)OC(C)(C)C)CC1)Nc1ccc(OC)c(OC)c1. The Morgan fingerprint density at radius 2 is 1.77 bits per heavy atom. The molecule has 0 unspecified atom stereocenters. The summed E-state index contributed by atoms with van der Waals surface area (Å²) in [6.07, 6.45) is -0.237. The third-order valence-corrected chi connectivity index (χ3v) is 4.70. The number of nitrogens with one attached hydrogen (secondary N) is 2. The van der Waals surface area contributed by atoms with Gasteiger partial charge in [-0.25, -0.2) is 4.79 Å². The summed E-state index contributed by atoms with van der Waals surface area (Å²) in [6.45, 7) is 12.9. The molecule has 2 N–H and O–H groups in total. The quantitative estimate of drug-likeness (QED) is 0.503. The summed E-state index contributed by atoms with van der Waals surface area (Å²) in [4.78, 5) is 20.9. The van der Waals surface area contributed by atoms with E-state index in [9.17, 15) is 4.79 Å². The van der Waals surface area contributed by atoms with E-state index in [-0.39, 0.29) is 6.09 Å². The van der Waals surface area contributed by atoms with E-state index in [4.69, 9.17) is 14.2 Å². The lowest BCUT2D eigenvalue weighted by atomic mass is 10.2. The molecule has 2 rings (SSSR count). The van der Waals surface area contributed by atoms with E-state index >= 15 is 0 Å². The van der Waals surface area contributed by atoms with Gasteiger partial charge in [0, 0.05) is 51.0 Å². The largest absolute Gasteiger partial charge is 0.493 e. The Bertz CT molecular complexity index is 740. The van der Waals surface area contributed by atoms with Gasteiger partial charge in [0.25, 0.3) is 0 Å². The highest BCUT2D eigenvalue weighted by atomic mass is 16.6. The van der Waals surface area contributed by atoms with Crippen molar-refractivity contribution in [1.82, 2.24) is 15.1 Å². The maximum absolute atomic E-state index is 12.2. The van der Waals surface area contributed by atoms with Gasteiger partial charge in [-0.3, -0.25) is 9.89 Å². The van der Waals surface area contributed by atoms with Gasteiger partial charge in [-0.1, -0.05) is 0 Å². The Labute approximate surface area is 185 Å². The van der Waals surface area contributed by atoms with E-state index in [1.165, 1.54) is 0 Å². The minimum Gasteiger partial charge on any atom is -0.493 e. The predicted molar refractivity (Wildman–Crippen MR) is 123 cm³/mol. The number of hydrogen-bond acceptors (Lipinski definition) is 6. The molecule has 9 nitrogen and oxygen atoms in total. The molecule has 0 atom stereocenters. The molecule has 31 heavy (non-hydrogen) atoms. The number of piperazine rings is 1. The van der Waals surface area contributed by atoms with E-state index in [0.29, 0.717) is 37.1 Å². The molecule has 1 aromatic rings. The number of hydrogen-bond donors (Lipinski definition) is 2. The van der Waals surface area contributed by atoms with Crippen molar-refractivity contribution in [3.05, 3.63) is 18.2 Å². The third kappa shape index (κ3) is 8.16. The average molecular weight is 436 g/mol. The van der Waals surface area contributed by atoms with Crippen LogP contribution in [0.5, 0.6) is 11.5 Å². The number of nitrogens with zero attached hydrogens (tertiary/aromatic N) is 3. The molecule has 0 spiro atoms. The third-order valence-electron chi connectivity index (χ3n) is 4.70. The van der Waals surface area contributed by atoms with Crippen LogP contribution in [0.1, 0.15) is 27.7 Å². The van der Waals surface area contributed by atoms with Crippen molar-refractivity contribution in [1.29, 1.82) is 0 Å². The van der Waals surface area contributed by atoms with Crippen LogP contribution in [0.4, 0.5) is 10.5 Å². The van der Waals surface area contributed by atoms with Crippen molar-refractivity contribution in [3.8, 4) is 11.5 Å². The van der Waals surface area contributed by atoms with Gasteiger partial charge in [-0.2, -0.15) is 0 Å². The molecule has 1 amide bonds. The van der Waals surface area contributed by atoms with Gasteiger partial charge < -0.3 is 29.7 Å². The van der Waals surface area contributed by atoms with Crippen LogP contribution in [0, 0.1) is 0 Å². The molecule has 1 aromatic carbocycles. The van der Waals surface area contributed by atoms with E-state index in [1.54, 1.807) is 19.1 Å². The first-order chi connectivity index (χ1) is 14.8. The van der Waals surface area contributed by atoms with Crippen molar-refractivity contribution in [2.45, 2.75) is 33.3 Å². The summed E-state index contributed by atoms with van der Waals surface area (Å²) >= 11 is 0. The monoisotopic (exact) mass is 435 g/mol. The lowest BCUT2D eigenvalue weighted by molar-refractivity contribution is 0.0148. The summed E-state index contributed by atoms with van der Waals surface area (Å²) in [5.74, 6) is 2.05. The van der Waals surface area contributed by atoms with Crippen molar-refractivity contribution < 1.29 is 19.0 Å². The fourth-order valence-electron chi connectivity index (χ4n) is 3.14. The van der Waals surface area contributed by atoms with Gasteiger partial charge in [-0.15, -0.1) is 0 Å². The highest BCUT2D eigenvalue weighted by molar-refractivity contribution is 5.93. The molecule has 9 heteroatoms. The summed E-state index contributed by atoms with van der Waals surface area (Å²) < 4.78 is 16.1. The normalized spacial score (nSPS) is 15.4. The summed E-state index contributed by atoms with van der Waals surface area (Å²) in [5, 5.41) is 6.56.